The van der Waals surface area contributed by atoms with Crippen LogP contribution in [0.2, 0.25) is 0 Å². The molecule has 1 N–H and O–H groups in total. The van der Waals surface area contributed by atoms with Crippen molar-refractivity contribution in [1.82, 2.24) is 0 Å². The average molecular weight is 443 g/mol. The minimum Gasteiger partial charge on any atom is -0.493 e. The molecule has 0 aliphatic carbocycles. The maximum absolute atomic E-state index is 13.4. The number of aryl methyl sites for hydroxylation is 2. The summed E-state index contributed by atoms with van der Waals surface area (Å²) in [6, 6.07) is 15.6. The number of fused-ring (bicyclic) bond motifs is 4. The number of anilines is 2. The van der Waals surface area contributed by atoms with Crippen LogP contribution in [0.5, 0.6) is 17.2 Å². The van der Waals surface area contributed by atoms with E-state index in [1.807, 2.05) is 36.4 Å². The molecular formula is C27H25NO5. The van der Waals surface area contributed by atoms with Gasteiger partial charge in [0.25, 0.3) is 0 Å². The third-order valence-corrected chi connectivity index (χ3v) is 6.39. The lowest BCUT2D eigenvalue weighted by atomic mass is 9.80. The normalized spacial score (nSPS) is 14.3. The highest BCUT2D eigenvalue weighted by Crippen LogP contribution is 2.49. The fraction of sp³-hybridized carbons (Fsp3) is 0.222. The van der Waals surface area contributed by atoms with Crippen molar-refractivity contribution in [2.24, 2.45) is 0 Å². The molecule has 1 aliphatic heterocycles. The van der Waals surface area contributed by atoms with E-state index in [4.69, 9.17) is 18.6 Å². The smallest absolute Gasteiger partial charge is 0.342 e. The summed E-state index contributed by atoms with van der Waals surface area (Å²) in [4.78, 5) is 13.4. The van der Waals surface area contributed by atoms with Gasteiger partial charge in [-0.15, -0.1) is 0 Å². The summed E-state index contributed by atoms with van der Waals surface area (Å²) < 4.78 is 22.5. The highest BCUT2D eigenvalue weighted by atomic mass is 16.5. The number of benzene rings is 3. The lowest BCUT2D eigenvalue weighted by Gasteiger charge is -2.31. The van der Waals surface area contributed by atoms with Gasteiger partial charge in [-0.2, -0.15) is 0 Å². The molecule has 2 heterocycles. The third-order valence-electron chi connectivity index (χ3n) is 6.39. The standard InChI is InChI=1S/C27H25NO5/c1-14-10-18-19(11-15(14)2)28-25-17-8-6-7-9-20(17)33-27(29)24(25)23(18)16-12-21(30-3)26(32-5)22(13-16)31-4/h6-13,23,28H,1-5H3/t23-/m0/s1. The Morgan fingerprint density at radius 2 is 1.55 bits per heavy atom. The van der Waals surface area contributed by atoms with E-state index in [0.29, 0.717) is 28.4 Å². The fourth-order valence-corrected chi connectivity index (χ4v) is 4.65. The largest absolute Gasteiger partial charge is 0.493 e. The van der Waals surface area contributed by atoms with Crippen LogP contribution in [-0.2, 0) is 0 Å². The molecular weight excluding hydrogens is 418 g/mol. The number of para-hydroxylation sites is 1. The van der Waals surface area contributed by atoms with Crippen LogP contribution in [0.4, 0.5) is 11.4 Å². The Morgan fingerprint density at radius 3 is 2.21 bits per heavy atom. The summed E-state index contributed by atoms with van der Waals surface area (Å²) in [7, 11) is 4.74. The number of methoxy groups -OCH3 is 3. The predicted molar refractivity (Wildman–Crippen MR) is 129 cm³/mol. The molecule has 0 fully saturated rings. The molecule has 1 aliphatic rings. The molecule has 0 radical (unpaired) electrons. The van der Waals surface area contributed by atoms with Crippen LogP contribution in [0.1, 0.15) is 33.7 Å². The molecule has 0 bridgehead atoms. The number of ether oxygens (including phenoxy) is 3. The van der Waals surface area contributed by atoms with Gasteiger partial charge in [-0.05, 0) is 66.4 Å². The first-order valence-electron chi connectivity index (χ1n) is 10.7. The van der Waals surface area contributed by atoms with Crippen LogP contribution >= 0.6 is 0 Å². The zero-order valence-electron chi connectivity index (χ0n) is 19.2. The van der Waals surface area contributed by atoms with E-state index in [1.165, 1.54) is 5.56 Å². The molecule has 0 spiro atoms. The van der Waals surface area contributed by atoms with Gasteiger partial charge >= 0.3 is 5.63 Å². The molecule has 168 valence electrons. The summed E-state index contributed by atoms with van der Waals surface area (Å²) in [6.45, 7) is 4.15. The molecule has 0 amide bonds. The lowest BCUT2D eigenvalue weighted by Crippen LogP contribution is -2.23. The lowest BCUT2D eigenvalue weighted by molar-refractivity contribution is 0.323. The number of hydrogen-bond donors (Lipinski definition) is 1. The van der Waals surface area contributed by atoms with Crippen LogP contribution in [0.25, 0.3) is 11.0 Å². The molecule has 6 heteroatoms. The second kappa shape index (κ2) is 7.89. The Balaban J connectivity index is 1.88. The van der Waals surface area contributed by atoms with Crippen molar-refractivity contribution in [3.63, 3.8) is 0 Å². The van der Waals surface area contributed by atoms with Crippen LogP contribution in [0, 0.1) is 13.8 Å². The second-order valence-electron chi connectivity index (χ2n) is 8.21. The summed E-state index contributed by atoms with van der Waals surface area (Å²) >= 11 is 0. The van der Waals surface area contributed by atoms with E-state index in [9.17, 15) is 4.79 Å². The third kappa shape index (κ3) is 3.21. The van der Waals surface area contributed by atoms with Crippen molar-refractivity contribution in [2.45, 2.75) is 19.8 Å². The van der Waals surface area contributed by atoms with Crippen molar-refractivity contribution in [2.75, 3.05) is 26.6 Å². The van der Waals surface area contributed by atoms with Crippen LogP contribution in [-0.4, -0.2) is 21.3 Å². The van der Waals surface area contributed by atoms with Crippen LogP contribution in [0.15, 0.2) is 57.7 Å². The summed E-state index contributed by atoms with van der Waals surface area (Å²) in [5, 5.41) is 4.38. The number of nitrogens with one attached hydrogen (secondary N) is 1. The Kier molecular flexibility index (Phi) is 5.01. The van der Waals surface area contributed by atoms with Crippen molar-refractivity contribution in [3.8, 4) is 17.2 Å². The molecule has 0 saturated heterocycles. The van der Waals surface area contributed by atoms with Gasteiger partial charge < -0.3 is 23.9 Å². The first-order valence-corrected chi connectivity index (χ1v) is 10.7. The number of rotatable bonds is 4. The van der Waals surface area contributed by atoms with Crippen molar-refractivity contribution in [3.05, 3.63) is 86.8 Å². The summed E-state index contributed by atoms with van der Waals surface area (Å²) in [5.41, 5.74) is 6.59. The molecule has 1 aromatic heterocycles. The predicted octanol–water partition coefficient (Wildman–Crippen LogP) is 5.67. The fourth-order valence-electron chi connectivity index (χ4n) is 4.65. The average Bonchev–Trinajstić information content (AvgIpc) is 2.82. The maximum atomic E-state index is 13.4. The van der Waals surface area contributed by atoms with E-state index < -0.39 is 0 Å². The van der Waals surface area contributed by atoms with E-state index in [0.717, 1.165) is 33.5 Å². The van der Waals surface area contributed by atoms with Crippen LogP contribution < -0.4 is 25.2 Å². The van der Waals surface area contributed by atoms with Gasteiger partial charge in [-0.1, -0.05) is 18.2 Å². The van der Waals surface area contributed by atoms with E-state index in [1.54, 1.807) is 21.3 Å². The first-order chi connectivity index (χ1) is 16.0. The summed E-state index contributed by atoms with van der Waals surface area (Å²) in [5.74, 6) is 1.18. The van der Waals surface area contributed by atoms with Gasteiger partial charge in [0.05, 0.1) is 32.6 Å². The van der Waals surface area contributed by atoms with Gasteiger partial charge in [-0.3, -0.25) is 0 Å². The maximum Gasteiger partial charge on any atom is 0.342 e. The van der Waals surface area contributed by atoms with Gasteiger partial charge in [-0.25, -0.2) is 4.79 Å². The Bertz CT molecular complexity index is 1430. The van der Waals surface area contributed by atoms with Gasteiger partial charge in [0, 0.05) is 17.0 Å². The first kappa shape index (κ1) is 20.9. The summed E-state index contributed by atoms with van der Waals surface area (Å²) in [6.07, 6.45) is 0. The van der Waals surface area contributed by atoms with Crippen molar-refractivity contribution >= 4 is 22.3 Å². The highest BCUT2D eigenvalue weighted by molar-refractivity contribution is 5.96. The highest BCUT2D eigenvalue weighted by Gasteiger charge is 2.34. The molecule has 33 heavy (non-hydrogen) atoms. The van der Waals surface area contributed by atoms with Crippen molar-refractivity contribution < 1.29 is 18.6 Å². The molecule has 1 atom stereocenters. The molecule has 0 saturated carbocycles. The minimum absolute atomic E-state index is 0.376. The van der Waals surface area contributed by atoms with Gasteiger partial charge in [0.15, 0.2) is 11.5 Å². The Morgan fingerprint density at radius 1 is 0.879 bits per heavy atom. The van der Waals surface area contributed by atoms with E-state index in [-0.39, 0.29) is 11.5 Å². The molecule has 6 nitrogen and oxygen atoms in total. The minimum atomic E-state index is -0.384. The van der Waals surface area contributed by atoms with Crippen molar-refractivity contribution in [1.29, 1.82) is 0 Å². The van der Waals surface area contributed by atoms with Crippen LogP contribution in [0.3, 0.4) is 0 Å². The SMILES string of the molecule is COc1cc([C@H]2c3cc(C)c(C)cc3Nc3c2c(=O)oc2ccccc32)cc(OC)c1OC. The quantitative estimate of drug-likeness (QED) is 0.361. The zero-order valence-corrected chi connectivity index (χ0v) is 19.2. The molecule has 4 aromatic rings. The zero-order chi connectivity index (χ0) is 23.3. The monoisotopic (exact) mass is 443 g/mol. The molecule has 0 unspecified atom stereocenters. The Labute approximate surface area is 191 Å². The number of hydrogen-bond acceptors (Lipinski definition) is 6. The topological polar surface area (TPSA) is 69.9 Å². The van der Waals surface area contributed by atoms with Gasteiger partial charge in [0.2, 0.25) is 5.75 Å². The molecule has 5 rings (SSSR count). The second-order valence-corrected chi connectivity index (χ2v) is 8.21. The Hall–Kier alpha value is -3.93. The van der Waals surface area contributed by atoms with E-state index in [2.05, 4.69) is 31.3 Å². The molecule has 3 aromatic carbocycles. The van der Waals surface area contributed by atoms with Gasteiger partial charge in [0.1, 0.15) is 5.58 Å². The van der Waals surface area contributed by atoms with E-state index >= 15 is 0 Å².